The van der Waals surface area contributed by atoms with Gasteiger partial charge in [0, 0.05) is 26.8 Å². The molecular formula is C11H20N4O3. The first-order valence-electron chi connectivity index (χ1n) is 6.22. The fraction of sp³-hybridized carbons (Fsp3) is 0.818. The van der Waals surface area contributed by atoms with Gasteiger partial charge in [-0.2, -0.15) is 4.98 Å². The second-order valence-electron chi connectivity index (χ2n) is 4.27. The highest BCUT2D eigenvalue weighted by molar-refractivity contribution is 5.28. The number of morpholine rings is 1. The number of nitrogens with two attached hydrogens (primary N) is 1. The molecule has 0 spiro atoms. The van der Waals surface area contributed by atoms with Crippen molar-refractivity contribution in [3.05, 3.63) is 5.89 Å². The fourth-order valence-corrected chi connectivity index (χ4v) is 1.84. The van der Waals surface area contributed by atoms with Gasteiger partial charge in [-0.25, -0.2) is 0 Å². The summed E-state index contributed by atoms with van der Waals surface area (Å²) in [4.78, 5) is 6.38. The summed E-state index contributed by atoms with van der Waals surface area (Å²) >= 11 is 0. The van der Waals surface area contributed by atoms with Gasteiger partial charge in [-0.1, -0.05) is 0 Å². The van der Waals surface area contributed by atoms with E-state index >= 15 is 0 Å². The lowest BCUT2D eigenvalue weighted by Gasteiger charge is -2.24. The van der Waals surface area contributed by atoms with E-state index < -0.39 is 0 Å². The second-order valence-corrected chi connectivity index (χ2v) is 4.27. The zero-order valence-electron chi connectivity index (χ0n) is 10.7. The van der Waals surface area contributed by atoms with Crippen molar-refractivity contribution in [2.24, 2.45) is 5.73 Å². The van der Waals surface area contributed by atoms with Crippen LogP contribution in [-0.4, -0.2) is 50.2 Å². The highest BCUT2D eigenvalue weighted by Gasteiger charge is 2.19. The molecule has 102 valence electrons. The predicted octanol–water partition coefficient (Wildman–Crippen LogP) is 0.333. The van der Waals surface area contributed by atoms with Gasteiger partial charge in [0.1, 0.15) is 0 Å². The summed E-state index contributed by atoms with van der Waals surface area (Å²) in [5.74, 6) is 1.10. The fourth-order valence-electron chi connectivity index (χ4n) is 1.84. The van der Waals surface area contributed by atoms with Crippen molar-refractivity contribution in [2.75, 3.05) is 44.9 Å². The Morgan fingerprint density at radius 1 is 1.44 bits per heavy atom. The van der Waals surface area contributed by atoms with Crippen molar-refractivity contribution < 1.29 is 14.0 Å². The number of hydrogen-bond acceptors (Lipinski definition) is 7. The molecule has 0 amide bonds. The zero-order valence-corrected chi connectivity index (χ0v) is 10.7. The van der Waals surface area contributed by atoms with E-state index in [-0.39, 0.29) is 6.04 Å². The SMILES string of the molecule is COCCCC(N)c1nc(N2CCOCC2)no1. The lowest BCUT2D eigenvalue weighted by molar-refractivity contribution is 0.121. The topological polar surface area (TPSA) is 86.6 Å². The van der Waals surface area contributed by atoms with Crippen molar-refractivity contribution in [1.82, 2.24) is 10.1 Å². The van der Waals surface area contributed by atoms with E-state index in [1.807, 2.05) is 4.90 Å². The third-order valence-electron chi connectivity index (χ3n) is 2.91. The molecule has 0 aromatic carbocycles. The van der Waals surface area contributed by atoms with Crippen molar-refractivity contribution >= 4 is 5.95 Å². The van der Waals surface area contributed by atoms with Gasteiger partial charge >= 0.3 is 0 Å². The highest BCUT2D eigenvalue weighted by Crippen LogP contribution is 2.18. The summed E-state index contributed by atoms with van der Waals surface area (Å²) in [5.41, 5.74) is 5.98. The Balaban J connectivity index is 1.88. The molecule has 0 bridgehead atoms. The van der Waals surface area contributed by atoms with E-state index in [4.69, 9.17) is 19.7 Å². The lowest BCUT2D eigenvalue weighted by atomic mass is 10.2. The summed E-state index contributed by atoms with van der Waals surface area (Å²) in [7, 11) is 1.68. The molecule has 1 aliphatic heterocycles. The molecule has 1 fully saturated rings. The third-order valence-corrected chi connectivity index (χ3v) is 2.91. The van der Waals surface area contributed by atoms with Crippen LogP contribution < -0.4 is 10.6 Å². The molecule has 1 saturated heterocycles. The molecule has 1 aromatic rings. The van der Waals surface area contributed by atoms with E-state index in [0.29, 0.717) is 31.7 Å². The smallest absolute Gasteiger partial charge is 0.266 e. The summed E-state index contributed by atoms with van der Waals surface area (Å²) in [6, 6.07) is -0.220. The van der Waals surface area contributed by atoms with Crippen LogP contribution in [0.2, 0.25) is 0 Å². The molecule has 2 rings (SSSR count). The largest absolute Gasteiger partial charge is 0.385 e. The van der Waals surface area contributed by atoms with Crippen LogP contribution in [0, 0.1) is 0 Å². The number of nitrogens with zero attached hydrogens (tertiary/aromatic N) is 3. The number of rotatable bonds is 6. The zero-order chi connectivity index (χ0) is 12.8. The Hall–Kier alpha value is -1.18. The predicted molar refractivity (Wildman–Crippen MR) is 65.4 cm³/mol. The van der Waals surface area contributed by atoms with Gasteiger partial charge < -0.3 is 24.6 Å². The average molecular weight is 256 g/mol. The summed E-state index contributed by atoms with van der Waals surface area (Å²) in [6.45, 7) is 3.67. The minimum absolute atomic E-state index is 0.220. The van der Waals surface area contributed by atoms with Crippen LogP contribution in [0.15, 0.2) is 4.52 Å². The second kappa shape index (κ2) is 6.67. The van der Waals surface area contributed by atoms with Crippen molar-refractivity contribution in [2.45, 2.75) is 18.9 Å². The first-order valence-corrected chi connectivity index (χ1v) is 6.22. The van der Waals surface area contributed by atoms with Crippen LogP contribution in [0.4, 0.5) is 5.95 Å². The van der Waals surface area contributed by atoms with Gasteiger partial charge in [-0.3, -0.25) is 0 Å². The quantitative estimate of drug-likeness (QED) is 0.734. The van der Waals surface area contributed by atoms with E-state index in [0.717, 1.165) is 25.9 Å². The number of methoxy groups -OCH3 is 1. The Morgan fingerprint density at radius 3 is 2.94 bits per heavy atom. The molecule has 7 nitrogen and oxygen atoms in total. The molecule has 1 unspecified atom stereocenters. The summed E-state index contributed by atoms with van der Waals surface area (Å²) in [5, 5.41) is 3.96. The molecule has 0 aliphatic carbocycles. The number of anilines is 1. The minimum Gasteiger partial charge on any atom is -0.385 e. The number of hydrogen-bond donors (Lipinski definition) is 1. The molecule has 1 aliphatic rings. The number of aromatic nitrogens is 2. The minimum atomic E-state index is -0.220. The maximum atomic E-state index is 5.98. The molecule has 2 N–H and O–H groups in total. The maximum Gasteiger partial charge on any atom is 0.266 e. The molecule has 18 heavy (non-hydrogen) atoms. The van der Waals surface area contributed by atoms with Crippen molar-refractivity contribution in [3.63, 3.8) is 0 Å². The third kappa shape index (κ3) is 3.41. The summed E-state index contributed by atoms with van der Waals surface area (Å²) < 4.78 is 15.5. The van der Waals surface area contributed by atoms with Gasteiger partial charge in [0.05, 0.1) is 19.3 Å². The van der Waals surface area contributed by atoms with E-state index in [1.54, 1.807) is 7.11 Å². The Morgan fingerprint density at radius 2 is 2.22 bits per heavy atom. The first kappa shape index (κ1) is 13.3. The molecule has 0 saturated carbocycles. The maximum absolute atomic E-state index is 5.98. The van der Waals surface area contributed by atoms with Crippen molar-refractivity contribution in [3.8, 4) is 0 Å². The van der Waals surface area contributed by atoms with Crippen LogP contribution >= 0.6 is 0 Å². The Labute approximate surface area is 106 Å². The highest BCUT2D eigenvalue weighted by atomic mass is 16.5. The van der Waals surface area contributed by atoms with Gasteiger partial charge in [-0.15, -0.1) is 0 Å². The molecular weight excluding hydrogens is 236 g/mol. The van der Waals surface area contributed by atoms with Crippen molar-refractivity contribution in [1.29, 1.82) is 0 Å². The van der Waals surface area contributed by atoms with Crippen LogP contribution in [0.1, 0.15) is 24.8 Å². The van der Waals surface area contributed by atoms with E-state index in [1.165, 1.54) is 0 Å². The van der Waals surface area contributed by atoms with Gasteiger partial charge in [0.15, 0.2) is 0 Å². The van der Waals surface area contributed by atoms with Crippen LogP contribution in [0.3, 0.4) is 0 Å². The molecule has 2 heterocycles. The molecule has 7 heteroatoms. The van der Waals surface area contributed by atoms with Crippen LogP contribution in [-0.2, 0) is 9.47 Å². The van der Waals surface area contributed by atoms with Gasteiger partial charge in [0.25, 0.3) is 5.95 Å². The van der Waals surface area contributed by atoms with E-state index in [9.17, 15) is 0 Å². The summed E-state index contributed by atoms with van der Waals surface area (Å²) in [6.07, 6.45) is 1.66. The average Bonchev–Trinajstić information content (AvgIpc) is 2.89. The Kier molecular flexibility index (Phi) is 4.91. The molecule has 1 aromatic heterocycles. The van der Waals surface area contributed by atoms with E-state index in [2.05, 4.69) is 10.1 Å². The van der Waals surface area contributed by atoms with Crippen LogP contribution in [0.5, 0.6) is 0 Å². The van der Waals surface area contributed by atoms with Crippen LogP contribution in [0.25, 0.3) is 0 Å². The standard InChI is InChI=1S/C11H20N4O3/c1-16-6-2-3-9(12)10-13-11(14-18-10)15-4-7-17-8-5-15/h9H,2-8,12H2,1H3. The monoisotopic (exact) mass is 256 g/mol. The van der Waals surface area contributed by atoms with Gasteiger partial charge in [-0.05, 0) is 18.0 Å². The Bertz CT molecular complexity index is 352. The van der Waals surface area contributed by atoms with Gasteiger partial charge in [0.2, 0.25) is 5.89 Å². The number of ether oxygens (including phenoxy) is 2. The molecule has 0 radical (unpaired) electrons. The normalized spacial score (nSPS) is 18.0. The molecule has 1 atom stereocenters. The lowest BCUT2D eigenvalue weighted by Crippen LogP contribution is -2.36. The first-order chi connectivity index (χ1) is 8.81.